The molecule has 1 saturated heterocycles. The summed E-state index contributed by atoms with van der Waals surface area (Å²) in [7, 11) is 0. The van der Waals surface area contributed by atoms with Crippen LogP contribution in [0.15, 0.2) is 47.1 Å². The van der Waals surface area contributed by atoms with Gasteiger partial charge in [0.05, 0.1) is 5.56 Å². The SMILES string of the molecule is O=C(c1ccccc1F)N1CCN(c2ccc(Br)cn2)CC1. The van der Waals surface area contributed by atoms with Crippen LogP contribution in [-0.4, -0.2) is 42.0 Å². The van der Waals surface area contributed by atoms with E-state index in [1.165, 1.54) is 12.1 Å². The highest BCUT2D eigenvalue weighted by Crippen LogP contribution is 2.18. The number of piperazine rings is 1. The molecule has 1 aliphatic heterocycles. The molecular formula is C16H15BrFN3O. The molecule has 2 aromatic rings. The van der Waals surface area contributed by atoms with Crippen molar-refractivity contribution in [3.05, 3.63) is 58.4 Å². The monoisotopic (exact) mass is 363 g/mol. The van der Waals surface area contributed by atoms with Gasteiger partial charge in [0.25, 0.3) is 5.91 Å². The van der Waals surface area contributed by atoms with E-state index in [1.54, 1.807) is 23.2 Å². The molecule has 1 aromatic carbocycles. The van der Waals surface area contributed by atoms with Gasteiger partial charge in [-0.3, -0.25) is 4.79 Å². The maximum absolute atomic E-state index is 13.7. The normalized spacial score (nSPS) is 15.0. The van der Waals surface area contributed by atoms with E-state index in [0.717, 1.165) is 10.3 Å². The predicted octanol–water partition coefficient (Wildman–Crippen LogP) is 2.95. The first-order valence-electron chi connectivity index (χ1n) is 7.05. The molecule has 3 rings (SSSR count). The van der Waals surface area contributed by atoms with Crippen molar-refractivity contribution in [1.82, 2.24) is 9.88 Å². The van der Waals surface area contributed by atoms with E-state index in [4.69, 9.17) is 0 Å². The molecule has 0 saturated carbocycles. The van der Waals surface area contributed by atoms with Crippen LogP contribution in [0, 0.1) is 5.82 Å². The van der Waals surface area contributed by atoms with E-state index in [1.807, 2.05) is 12.1 Å². The minimum absolute atomic E-state index is 0.137. The smallest absolute Gasteiger partial charge is 0.256 e. The number of hydrogen-bond donors (Lipinski definition) is 0. The summed E-state index contributed by atoms with van der Waals surface area (Å²) >= 11 is 3.36. The average Bonchev–Trinajstić information content (AvgIpc) is 2.56. The molecule has 0 aliphatic carbocycles. The average molecular weight is 364 g/mol. The zero-order chi connectivity index (χ0) is 15.5. The molecule has 4 nitrogen and oxygen atoms in total. The van der Waals surface area contributed by atoms with Crippen molar-refractivity contribution in [1.29, 1.82) is 0 Å². The fraction of sp³-hybridized carbons (Fsp3) is 0.250. The van der Waals surface area contributed by atoms with Crippen molar-refractivity contribution >= 4 is 27.7 Å². The van der Waals surface area contributed by atoms with Gasteiger partial charge in [0.2, 0.25) is 0 Å². The van der Waals surface area contributed by atoms with Crippen molar-refractivity contribution < 1.29 is 9.18 Å². The largest absolute Gasteiger partial charge is 0.353 e. The second kappa shape index (κ2) is 6.44. The molecule has 0 spiro atoms. The van der Waals surface area contributed by atoms with Crippen molar-refractivity contribution in [3.8, 4) is 0 Å². The summed E-state index contributed by atoms with van der Waals surface area (Å²) in [4.78, 5) is 20.5. The Bertz CT molecular complexity index is 669. The third-order valence-corrected chi connectivity index (χ3v) is 4.18. The summed E-state index contributed by atoms with van der Waals surface area (Å²) in [5, 5.41) is 0. The van der Waals surface area contributed by atoms with Crippen molar-refractivity contribution in [3.63, 3.8) is 0 Å². The number of amides is 1. The van der Waals surface area contributed by atoms with Crippen molar-refractivity contribution in [2.24, 2.45) is 0 Å². The van der Waals surface area contributed by atoms with Gasteiger partial charge in [0.1, 0.15) is 11.6 Å². The summed E-state index contributed by atoms with van der Waals surface area (Å²) in [6.45, 7) is 2.50. The van der Waals surface area contributed by atoms with Gasteiger partial charge in [-0.1, -0.05) is 12.1 Å². The molecule has 1 aliphatic rings. The fourth-order valence-electron chi connectivity index (χ4n) is 2.50. The summed E-state index contributed by atoms with van der Waals surface area (Å²) < 4.78 is 14.6. The Balaban J connectivity index is 1.65. The van der Waals surface area contributed by atoms with Crippen LogP contribution in [0.5, 0.6) is 0 Å². The minimum atomic E-state index is -0.468. The highest BCUT2D eigenvalue weighted by molar-refractivity contribution is 9.10. The number of pyridine rings is 1. The molecule has 1 amide bonds. The number of benzene rings is 1. The maximum atomic E-state index is 13.7. The lowest BCUT2D eigenvalue weighted by Crippen LogP contribution is -2.49. The summed E-state index contributed by atoms with van der Waals surface area (Å²) in [5.74, 6) is 0.173. The number of aromatic nitrogens is 1. The zero-order valence-corrected chi connectivity index (χ0v) is 13.5. The number of nitrogens with zero attached hydrogens (tertiary/aromatic N) is 3. The first-order valence-corrected chi connectivity index (χ1v) is 7.85. The zero-order valence-electron chi connectivity index (χ0n) is 11.9. The molecule has 22 heavy (non-hydrogen) atoms. The molecule has 1 aromatic heterocycles. The first kappa shape index (κ1) is 15.0. The number of rotatable bonds is 2. The molecular weight excluding hydrogens is 349 g/mol. The lowest BCUT2D eigenvalue weighted by atomic mass is 10.1. The standard InChI is InChI=1S/C16H15BrFN3O/c17-12-5-6-15(19-11-12)20-7-9-21(10-8-20)16(22)13-3-1-2-4-14(13)18/h1-6,11H,7-10H2. The molecule has 2 heterocycles. The van der Waals surface area contributed by atoms with Gasteiger partial charge in [-0.25, -0.2) is 9.37 Å². The Morgan fingerprint density at radius 2 is 1.82 bits per heavy atom. The minimum Gasteiger partial charge on any atom is -0.353 e. The first-order chi connectivity index (χ1) is 10.6. The third-order valence-electron chi connectivity index (χ3n) is 3.71. The van der Waals surface area contributed by atoms with Gasteiger partial charge in [-0.05, 0) is 40.2 Å². The van der Waals surface area contributed by atoms with E-state index < -0.39 is 5.82 Å². The van der Waals surface area contributed by atoms with Crippen LogP contribution in [-0.2, 0) is 0 Å². The Morgan fingerprint density at radius 1 is 1.09 bits per heavy atom. The molecule has 114 valence electrons. The van der Waals surface area contributed by atoms with E-state index >= 15 is 0 Å². The maximum Gasteiger partial charge on any atom is 0.256 e. The molecule has 0 unspecified atom stereocenters. The van der Waals surface area contributed by atoms with Crippen LogP contribution in [0.25, 0.3) is 0 Å². The van der Waals surface area contributed by atoms with Crippen LogP contribution in [0.3, 0.4) is 0 Å². The van der Waals surface area contributed by atoms with Crippen LogP contribution in [0.1, 0.15) is 10.4 Å². The van der Waals surface area contributed by atoms with Crippen molar-refractivity contribution in [2.75, 3.05) is 31.1 Å². The predicted molar refractivity (Wildman–Crippen MR) is 86.5 cm³/mol. The number of carbonyl (C=O) groups is 1. The van der Waals surface area contributed by atoms with Gasteiger partial charge in [0.15, 0.2) is 0 Å². The number of carbonyl (C=O) groups excluding carboxylic acids is 1. The summed E-state index contributed by atoms with van der Waals surface area (Å²) in [6, 6.07) is 9.99. The van der Waals surface area contributed by atoms with Gasteiger partial charge in [-0.2, -0.15) is 0 Å². The molecule has 0 bridgehead atoms. The van der Waals surface area contributed by atoms with E-state index in [-0.39, 0.29) is 11.5 Å². The van der Waals surface area contributed by atoms with Gasteiger partial charge in [0, 0.05) is 36.8 Å². The quantitative estimate of drug-likeness (QED) is 0.822. The Hall–Kier alpha value is -1.95. The summed E-state index contributed by atoms with van der Waals surface area (Å²) in [6.07, 6.45) is 1.76. The van der Waals surface area contributed by atoms with Gasteiger partial charge >= 0.3 is 0 Å². The van der Waals surface area contributed by atoms with E-state index in [0.29, 0.717) is 26.2 Å². The second-order valence-electron chi connectivity index (χ2n) is 5.09. The number of halogens is 2. The highest BCUT2D eigenvalue weighted by Gasteiger charge is 2.24. The lowest BCUT2D eigenvalue weighted by molar-refractivity contribution is 0.0742. The Morgan fingerprint density at radius 3 is 2.45 bits per heavy atom. The van der Waals surface area contributed by atoms with Crippen LogP contribution in [0.4, 0.5) is 10.2 Å². The van der Waals surface area contributed by atoms with Crippen LogP contribution >= 0.6 is 15.9 Å². The number of hydrogen-bond acceptors (Lipinski definition) is 3. The van der Waals surface area contributed by atoms with Gasteiger partial charge in [-0.15, -0.1) is 0 Å². The third kappa shape index (κ3) is 3.11. The number of anilines is 1. The summed E-state index contributed by atoms with van der Waals surface area (Å²) in [5.41, 5.74) is 0.137. The van der Waals surface area contributed by atoms with E-state index in [9.17, 15) is 9.18 Å². The molecule has 1 fully saturated rings. The highest BCUT2D eigenvalue weighted by atomic mass is 79.9. The van der Waals surface area contributed by atoms with Crippen molar-refractivity contribution in [2.45, 2.75) is 0 Å². The molecule has 0 atom stereocenters. The molecule has 0 radical (unpaired) electrons. The topological polar surface area (TPSA) is 36.4 Å². The van der Waals surface area contributed by atoms with Crippen LogP contribution < -0.4 is 4.90 Å². The fourth-order valence-corrected chi connectivity index (χ4v) is 2.73. The second-order valence-corrected chi connectivity index (χ2v) is 6.01. The Labute approximate surface area is 136 Å². The van der Waals surface area contributed by atoms with Crippen LogP contribution in [0.2, 0.25) is 0 Å². The lowest BCUT2D eigenvalue weighted by Gasteiger charge is -2.35. The Kier molecular flexibility index (Phi) is 4.38. The molecule has 0 N–H and O–H groups in total. The van der Waals surface area contributed by atoms with E-state index in [2.05, 4.69) is 25.8 Å². The van der Waals surface area contributed by atoms with Gasteiger partial charge < -0.3 is 9.80 Å². The molecule has 6 heteroatoms.